The van der Waals surface area contributed by atoms with Gasteiger partial charge in [0.2, 0.25) is 10.0 Å². The van der Waals surface area contributed by atoms with Crippen molar-refractivity contribution in [3.63, 3.8) is 0 Å². The monoisotopic (exact) mass is 206 g/mol. The van der Waals surface area contributed by atoms with E-state index in [9.17, 15) is 8.42 Å². The van der Waals surface area contributed by atoms with Gasteiger partial charge < -0.3 is 0 Å². The van der Waals surface area contributed by atoms with E-state index in [1.807, 2.05) is 5.38 Å². The topological polar surface area (TPSA) is 59.1 Å². The third-order valence-electron chi connectivity index (χ3n) is 1.23. The Kier molecular flexibility index (Phi) is 3.19. The average Bonchev–Trinajstić information content (AvgIpc) is 2.36. The van der Waals surface area contributed by atoms with Crippen molar-refractivity contribution < 1.29 is 8.42 Å². The Morgan fingerprint density at radius 1 is 1.67 bits per heavy atom. The van der Waals surface area contributed by atoms with Crippen LogP contribution in [-0.2, 0) is 16.4 Å². The van der Waals surface area contributed by atoms with Crippen LogP contribution in [0.5, 0.6) is 0 Å². The molecule has 0 bridgehead atoms. The van der Waals surface area contributed by atoms with Gasteiger partial charge in [0.15, 0.2) is 0 Å². The Morgan fingerprint density at radius 3 is 2.92 bits per heavy atom. The Morgan fingerprint density at radius 2 is 2.42 bits per heavy atom. The van der Waals surface area contributed by atoms with E-state index in [0.717, 1.165) is 11.9 Å². The molecule has 12 heavy (non-hydrogen) atoms. The largest absolute Gasteiger partial charge is 0.250 e. The molecule has 0 saturated heterocycles. The Balaban J connectivity index is 2.29. The fourth-order valence-electron chi connectivity index (χ4n) is 0.725. The summed E-state index contributed by atoms with van der Waals surface area (Å²) in [5, 5.41) is 1.91. The van der Waals surface area contributed by atoms with Crippen molar-refractivity contribution in [2.45, 2.75) is 6.42 Å². The lowest BCUT2D eigenvalue weighted by Gasteiger charge is -1.98. The maximum Gasteiger partial charge on any atom is 0.208 e. The molecule has 0 saturated carbocycles. The molecule has 1 rings (SSSR count). The van der Waals surface area contributed by atoms with E-state index < -0.39 is 10.0 Å². The van der Waals surface area contributed by atoms with Gasteiger partial charge in [0.1, 0.15) is 0 Å². The van der Waals surface area contributed by atoms with Crippen LogP contribution in [-0.4, -0.2) is 26.2 Å². The fraction of sp³-hybridized carbons (Fsp3) is 0.500. The average molecular weight is 206 g/mol. The van der Waals surface area contributed by atoms with Gasteiger partial charge in [-0.1, -0.05) is 0 Å². The second-order valence-corrected chi connectivity index (χ2v) is 4.95. The molecule has 0 unspecified atom stereocenters. The maximum absolute atomic E-state index is 10.6. The predicted molar refractivity (Wildman–Crippen MR) is 48.7 cm³/mol. The number of nitrogens with zero attached hydrogens (tertiary/aromatic N) is 1. The fourth-order valence-corrected chi connectivity index (χ4v) is 1.79. The molecule has 0 radical (unpaired) electrons. The van der Waals surface area contributed by atoms with Crippen molar-refractivity contribution in [3.05, 3.63) is 16.6 Å². The van der Waals surface area contributed by atoms with Crippen LogP contribution in [0.4, 0.5) is 0 Å². The molecule has 0 aromatic carbocycles. The van der Waals surface area contributed by atoms with Crippen molar-refractivity contribution in [2.24, 2.45) is 0 Å². The normalized spacial score (nSPS) is 11.8. The van der Waals surface area contributed by atoms with Crippen LogP contribution < -0.4 is 4.72 Å². The van der Waals surface area contributed by atoms with E-state index in [2.05, 4.69) is 9.71 Å². The highest BCUT2D eigenvalue weighted by Gasteiger charge is 2.00. The van der Waals surface area contributed by atoms with E-state index in [4.69, 9.17) is 0 Å². The summed E-state index contributed by atoms with van der Waals surface area (Å²) in [6.45, 7) is 0.419. The van der Waals surface area contributed by atoms with Gasteiger partial charge >= 0.3 is 0 Å². The first-order valence-corrected chi connectivity index (χ1v) is 6.23. The summed E-state index contributed by atoms with van der Waals surface area (Å²) >= 11 is 1.51. The highest BCUT2D eigenvalue weighted by molar-refractivity contribution is 7.88. The highest BCUT2D eigenvalue weighted by atomic mass is 32.2. The molecule has 0 fully saturated rings. The summed E-state index contributed by atoms with van der Waals surface area (Å²) in [7, 11) is -3.05. The molecule has 0 amide bonds. The zero-order chi connectivity index (χ0) is 9.03. The van der Waals surface area contributed by atoms with Crippen LogP contribution in [0.3, 0.4) is 0 Å². The van der Waals surface area contributed by atoms with Gasteiger partial charge in [-0.25, -0.2) is 18.1 Å². The standard InChI is InChI=1S/C6H10N2O2S2/c1-12(9,10)8-3-2-6-4-11-5-7-6/h4-5,8H,2-3H2,1H3. The molecule has 68 valence electrons. The van der Waals surface area contributed by atoms with Crippen molar-refractivity contribution in [1.82, 2.24) is 9.71 Å². The summed E-state index contributed by atoms with van der Waals surface area (Å²) in [6, 6.07) is 0. The summed E-state index contributed by atoms with van der Waals surface area (Å²) in [4.78, 5) is 4.02. The summed E-state index contributed by atoms with van der Waals surface area (Å²) in [6.07, 6.45) is 1.80. The third-order valence-corrected chi connectivity index (χ3v) is 2.59. The van der Waals surface area contributed by atoms with Crippen LogP contribution in [0.2, 0.25) is 0 Å². The number of aromatic nitrogens is 1. The van der Waals surface area contributed by atoms with E-state index >= 15 is 0 Å². The van der Waals surface area contributed by atoms with Crippen LogP contribution in [0.25, 0.3) is 0 Å². The van der Waals surface area contributed by atoms with Crippen molar-refractivity contribution in [2.75, 3.05) is 12.8 Å². The first-order chi connectivity index (χ1) is 5.58. The Bertz CT molecular complexity index is 317. The molecule has 1 aromatic rings. The van der Waals surface area contributed by atoms with Crippen LogP contribution in [0, 0.1) is 0 Å². The van der Waals surface area contributed by atoms with E-state index in [1.54, 1.807) is 5.51 Å². The van der Waals surface area contributed by atoms with Crippen LogP contribution in [0.15, 0.2) is 10.9 Å². The van der Waals surface area contributed by atoms with E-state index in [1.165, 1.54) is 11.3 Å². The maximum atomic E-state index is 10.6. The number of hydrogen-bond donors (Lipinski definition) is 1. The second-order valence-electron chi connectivity index (χ2n) is 2.40. The lowest BCUT2D eigenvalue weighted by molar-refractivity contribution is 0.587. The van der Waals surface area contributed by atoms with Gasteiger partial charge in [-0.05, 0) is 0 Å². The van der Waals surface area contributed by atoms with Crippen molar-refractivity contribution in [1.29, 1.82) is 0 Å². The molecule has 1 aromatic heterocycles. The Hall–Kier alpha value is -0.460. The number of hydrogen-bond acceptors (Lipinski definition) is 4. The molecule has 0 aliphatic rings. The molecule has 6 heteroatoms. The van der Waals surface area contributed by atoms with Gasteiger partial charge in [-0.2, -0.15) is 0 Å². The minimum absolute atomic E-state index is 0.419. The van der Waals surface area contributed by atoms with Gasteiger partial charge in [-0.15, -0.1) is 11.3 Å². The summed E-state index contributed by atoms with van der Waals surface area (Å²) in [5.41, 5.74) is 2.66. The zero-order valence-corrected chi connectivity index (χ0v) is 8.28. The minimum atomic E-state index is -3.05. The quantitative estimate of drug-likeness (QED) is 0.767. The van der Waals surface area contributed by atoms with Crippen LogP contribution in [0.1, 0.15) is 5.69 Å². The molecular weight excluding hydrogens is 196 g/mol. The van der Waals surface area contributed by atoms with Gasteiger partial charge in [0, 0.05) is 18.3 Å². The third kappa shape index (κ3) is 3.80. The lowest BCUT2D eigenvalue weighted by atomic mass is 10.3. The van der Waals surface area contributed by atoms with Crippen LogP contribution >= 0.6 is 11.3 Å². The van der Waals surface area contributed by atoms with Crippen molar-refractivity contribution >= 4 is 21.4 Å². The Labute approximate surface area is 75.7 Å². The van der Waals surface area contributed by atoms with Gasteiger partial charge in [-0.3, -0.25) is 0 Å². The SMILES string of the molecule is CS(=O)(=O)NCCc1cscn1. The molecule has 0 atom stereocenters. The number of sulfonamides is 1. The lowest BCUT2D eigenvalue weighted by Crippen LogP contribution is -2.24. The first-order valence-electron chi connectivity index (χ1n) is 3.39. The minimum Gasteiger partial charge on any atom is -0.250 e. The van der Waals surface area contributed by atoms with E-state index in [0.29, 0.717) is 13.0 Å². The molecule has 0 aliphatic heterocycles. The molecule has 1 heterocycles. The highest BCUT2D eigenvalue weighted by Crippen LogP contribution is 2.00. The van der Waals surface area contributed by atoms with Crippen molar-refractivity contribution in [3.8, 4) is 0 Å². The second kappa shape index (κ2) is 3.97. The first kappa shape index (κ1) is 9.63. The number of nitrogens with one attached hydrogen (secondary N) is 1. The predicted octanol–water partition coefficient (Wildman–Crippen LogP) is 0.235. The molecular formula is C6H10N2O2S2. The van der Waals surface area contributed by atoms with E-state index in [-0.39, 0.29) is 0 Å². The number of thiazole rings is 1. The molecule has 1 N–H and O–H groups in total. The molecule has 0 aliphatic carbocycles. The summed E-state index contributed by atoms with van der Waals surface area (Å²) < 4.78 is 23.7. The smallest absolute Gasteiger partial charge is 0.208 e. The molecule has 4 nitrogen and oxygen atoms in total. The van der Waals surface area contributed by atoms with Gasteiger partial charge in [0.05, 0.1) is 17.5 Å². The number of rotatable bonds is 4. The van der Waals surface area contributed by atoms with Gasteiger partial charge in [0.25, 0.3) is 0 Å². The zero-order valence-electron chi connectivity index (χ0n) is 6.65. The molecule has 0 spiro atoms. The summed E-state index contributed by atoms with van der Waals surface area (Å²) in [5.74, 6) is 0.